The molecule has 1 aromatic rings. The van der Waals surface area contributed by atoms with Gasteiger partial charge in [0.25, 0.3) is 0 Å². The topological polar surface area (TPSA) is 46.6 Å². The number of carbonyl (C=O) groups is 2. The highest BCUT2D eigenvalue weighted by molar-refractivity contribution is 5.83. The van der Waals surface area contributed by atoms with Gasteiger partial charge < -0.3 is 9.64 Å². The minimum atomic E-state index is -4.52. The average Bonchev–Trinajstić information content (AvgIpc) is 2.66. The number of carbonyl (C=O) groups excluding carboxylic acids is 2. The fraction of sp³-hybridized carbons (Fsp3) is 0.600. The number of esters is 1. The first-order valence-corrected chi connectivity index (χ1v) is 9.59. The van der Waals surface area contributed by atoms with Crippen molar-refractivity contribution in [3.05, 3.63) is 35.4 Å². The average molecular weight is 439 g/mol. The number of rotatable bonds is 6. The van der Waals surface area contributed by atoms with Crippen LogP contribution >= 0.6 is 0 Å². The van der Waals surface area contributed by atoms with Crippen molar-refractivity contribution in [1.82, 2.24) is 4.90 Å². The zero-order valence-electron chi connectivity index (χ0n) is 16.4. The molecule has 1 fully saturated rings. The van der Waals surface area contributed by atoms with Gasteiger partial charge >= 0.3 is 18.3 Å². The molecule has 1 aromatic carbocycles. The van der Waals surface area contributed by atoms with Crippen LogP contribution in [0.15, 0.2) is 24.3 Å². The molecule has 1 saturated carbocycles. The molecule has 2 atom stereocenters. The Balaban J connectivity index is 2.17. The molecule has 10 heteroatoms. The maximum absolute atomic E-state index is 13.1. The van der Waals surface area contributed by atoms with Gasteiger partial charge in [0.2, 0.25) is 5.91 Å². The van der Waals surface area contributed by atoms with Crippen molar-refractivity contribution in [1.29, 1.82) is 0 Å². The van der Waals surface area contributed by atoms with Crippen molar-refractivity contribution in [2.45, 2.75) is 51.5 Å². The van der Waals surface area contributed by atoms with Crippen molar-refractivity contribution in [3.8, 4) is 0 Å². The number of halogens is 6. The van der Waals surface area contributed by atoms with Crippen LogP contribution in [-0.4, -0.2) is 36.1 Å². The first-order valence-electron chi connectivity index (χ1n) is 9.59. The lowest BCUT2D eigenvalue weighted by Gasteiger charge is -2.33. The summed E-state index contributed by atoms with van der Waals surface area (Å²) < 4.78 is 82.2. The second-order valence-corrected chi connectivity index (χ2v) is 7.30. The molecule has 2 unspecified atom stereocenters. The lowest BCUT2D eigenvalue weighted by molar-refractivity contribution is -0.187. The summed E-state index contributed by atoms with van der Waals surface area (Å²) >= 11 is 0. The van der Waals surface area contributed by atoms with Crippen LogP contribution in [0.5, 0.6) is 0 Å². The Morgan fingerprint density at radius 2 is 1.70 bits per heavy atom. The molecular weight excluding hydrogens is 416 g/mol. The molecule has 1 amide bonds. The number of benzene rings is 1. The number of amides is 1. The molecule has 1 aliphatic carbocycles. The predicted molar refractivity (Wildman–Crippen MR) is 95.0 cm³/mol. The molecule has 0 radical (unpaired) electrons. The van der Waals surface area contributed by atoms with Crippen LogP contribution in [0.4, 0.5) is 26.3 Å². The van der Waals surface area contributed by atoms with E-state index in [1.807, 2.05) is 0 Å². The molecule has 168 valence electrons. The monoisotopic (exact) mass is 439 g/mol. The summed E-state index contributed by atoms with van der Waals surface area (Å²) in [6.07, 6.45) is -8.85. The van der Waals surface area contributed by atoms with E-state index >= 15 is 0 Å². The normalized spacial score (nSPS) is 20.0. The van der Waals surface area contributed by atoms with E-state index in [1.54, 1.807) is 6.92 Å². The van der Waals surface area contributed by atoms with E-state index in [0.717, 1.165) is 17.0 Å². The van der Waals surface area contributed by atoms with Crippen molar-refractivity contribution < 1.29 is 40.7 Å². The lowest BCUT2D eigenvalue weighted by Crippen LogP contribution is -2.42. The van der Waals surface area contributed by atoms with E-state index < -0.39 is 48.2 Å². The summed E-state index contributed by atoms with van der Waals surface area (Å²) in [5.41, 5.74) is -0.543. The smallest absolute Gasteiger partial charge is 0.416 e. The van der Waals surface area contributed by atoms with Crippen molar-refractivity contribution >= 4 is 11.9 Å². The van der Waals surface area contributed by atoms with Crippen LogP contribution in [0, 0.1) is 11.8 Å². The van der Waals surface area contributed by atoms with Crippen LogP contribution in [0.1, 0.15) is 43.7 Å². The lowest BCUT2D eigenvalue weighted by atomic mass is 9.80. The highest BCUT2D eigenvalue weighted by atomic mass is 19.4. The minimum absolute atomic E-state index is 0.0515. The van der Waals surface area contributed by atoms with E-state index in [2.05, 4.69) is 0 Å². The van der Waals surface area contributed by atoms with E-state index in [1.165, 1.54) is 12.1 Å². The summed E-state index contributed by atoms with van der Waals surface area (Å²) in [5, 5.41) is 0. The highest BCUT2D eigenvalue weighted by Gasteiger charge is 2.44. The Morgan fingerprint density at radius 3 is 2.23 bits per heavy atom. The first kappa shape index (κ1) is 24.0. The molecule has 0 aromatic heterocycles. The number of ether oxygens (including phenoxy) is 1. The molecule has 0 spiro atoms. The third kappa shape index (κ3) is 6.63. The Morgan fingerprint density at radius 1 is 1.07 bits per heavy atom. The van der Waals surface area contributed by atoms with E-state index in [4.69, 9.17) is 4.74 Å². The van der Waals surface area contributed by atoms with Crippen LogP contribution in [0.2, 0.25) is 0 Å². The molecule has 30 heavy (non-hydrogen) atoms. The third-order valence-corrected chi connectivity index (χ3v) is 5.08. The van der Waals surface area contributed by atoms with Gasteiger partial charge in [-0.05, 0) is 43.9 Å². The minimum Gasteiger partial charge on any atom is -0.465 e. The van der Waals surface area contributed by atoms with Crippen molar-refractivity contribution in [2.75, 3.05) is 13.2 Å². The summed E-state index contributed by atoms with van der Waals surface area (Å²) in [7, 11) is 0. The van der Waals surface area contributed by atoms with Gasteiger partial charge in [-0.3, -0.25) is 9.59 Å². The molecule has 0 heterocycles. The van der Waals surface area contributed by atoms with Gasteiger partial charge in [0.1, 0.15) is 6.54 Å². The van der Waals surface area contributed by atoms with Crippen LogP contribution in [-0.2, 0) is 27.0 Å². The van der Waals surface area contributed by atoms with E-state index in [0.29, 0.717) is 5.56 Å². The summed E-state index contributed by atoms with van der Waals surface area (Å²) in [6.45, 7) is 0.930. The second kappa shape index (κ2) is 9.70. The molecule has 2 rings (SSSR count). The van der Waals surface area contributed by atoms with Gasteiger partial charge in [-0.2, -0.15) is 26.3 Å². The number of alkyl halides is 6. The van der Waals surface area contributed by atoms with Gasteiger partial charge in [0.05, 0.1) is 18.1 Å². The summed E-state index contributed by atoms with van der Waals surface area (Å²) in [5.74, 6) is -3.86. The second-order valence-electron chi connectivity index (χ2n) is 7.30. The van der Waals surface area contributed by atoms with Gasteiger partial charge in [0.15, 0.2) is 0 Å². The zero-order valence-corrected chi connectivity index (χ0v) is 16.4. The van der Waals surface area contributed by atoms with Crippen LogP contribution in [0.3, 0.4) is 0 Å². The predicted octanol–water partition coefficient (Wildman–Crippen LogP) is 4.97. The fourth-order valence-electron chi connectivity index (χ4n) is 3.56. The zero-order chi connectivity index (χ0) is 22.5. The molecule has 0 aliphatic heterocycles. The van der Waals surface area contributed by atoms with Gasteiger partial charge in [-0.1, -0.05) is 18.6 Å². The largest absolute Gasteiger partial charge is 0.465 e. The maximum Gasteiger partial charge on any atom is 0.416 e. The molecular formula is C20H23F6NO3. The third-order valence-electron chi connectivity index (χ3n) is 5.08. The quantitative estimate of drug-likeness (QED) is 0.465. The Bertz CT molecular complexity index is 730. The van der Waals surface area contributed by atoms with Gasteiger partial charge in [-0.25, -0.2) is 0 Å². The van der Waals surface area contributed by atoms with E-state index in [9.17, 15) is 35.9 Å². The van der Waals surface area contributed by atoms with E-state index in [-0.39, 0.29) is 38.8 Å². The van der Waals surface area contributed by atoms with Gasteiger partial charge in [0, 0.05) is 12.5 Å². The summed E-state index contributed by atoms with van der Waals surface area (Å²) in [4.78, 5) is 25.9. The molecule has 0 bridgehead atoms. The molecule has 1 aliphatic rings. The van der Waals surface area contributed by atoms with Crippen LogP contribution < -0.4 is 0 Å². The van der Waals surface area contributed by atoms with Crippen LogP contribution in [0.25, 0.3) is 0 Å². The first-order chi connectivity index (χ1) is 13.9. The standard InChI is InChI=1S/C20H23F6NO3/c1-2-30-17(28)12-27(11-13-6-8-15(9-7-13)19(21,22)23)18(29)14-4-3-5-16(10-14)20(24,25)26/h6-9,14,16H,2-5,10-12H2,1H3. The number of nitrogens with zero attached hydrogens (tertiary/aromatic N) is 1. The Labute approximate surface area is 170 Å². The Hall–Kier alpha value is -2.26. The Kier molecular flexibility index (Phi) is 7.76. The highest BCUT2D eigenvalue weighted by Crippen LogP contribution is 2.40. The summed E-state index contributed by atoms with van der Waals surface area (Å²) in [6, 6.07) is 4.05. The number of hydrogen-bond acceptors (Lipinski definition) is 3. The molecule has 0 N–H and O–H groups in total. The molecule has 4 nitrogen and oxygen atoms in total. The fourth-order valence-corrected chi connectivity index (χ4v) is 3.56. The molecule has 0 saturated heterocycles. The number of hydrogen-bond donors (Lipinski definition) is 0. The maximum atomic E-state index is 13.1. The SMILES string of the molecule is CCOC(=O)CN(Cc1ccc(C(F)(F)F)cc1)C(=O)C1CCCC(C(F)(F)F)C1. The van der Waals surface area contributed by atoms with Crippen molar-refractivity contribution in [3.63, 3.8) is 0 Å². The van der Waals surface area contributed by atoms with Crippen molar-refractivity contribution in [2.24, 2.45) is 11.8 Å². The van der Waals surface area contributed by atoms with Gasteiger partial charge in [-0.15, -0.1) is 0 Å².